The number of hydrogen-bond donors (Lipinski definition) is 0. The summed E-state index contributed by atoms with van der Waals surface area (Å²) in [5.41, 5.74) is 2.56. The average Bonchev–Trinajstić information content (AvgIpc) is 3.42. The van der Waals surface area contributed by atoms with E-state index in [1.807, 2.05) is 17.9 Å². The van der Waals surface area contributed by atoms with Crippen molar-refractivity contribution >= 4 is 27.4 Å². The van der Waals surface area contributed by atoms with Crippen LogP contribution in [0.2, 0.25) is 0 Å². The Morgan fingerprint density at radius 2 is 2.07 bits per heavy atom. The maximum Gasteiger partial charge on any atom is 0.140 e. The molecule has 1 atom stereocenters. The maximum absolute atomic E-state index is 4.65. The van der Waals surface area contributed by atoms with Crippen molar-refractivity contribution in [1.29, 1.82) is 0 Å². The van der Waals surface area contributed by atoms with Crippen molar-refractivity contribution < 1.29 is 0 Å². The van der Waals surface area contributed by atoms with Crippen LogP contribution in [0.5, 0.6) is 0 Å². The Morgan fingerprint density at radius 3 is 2.89 bits per heavy atom. The van der Waals surface area contributed by atoms with Crippen molar-refractivity contribution in [3.8, 4) is 10.4 Å². The van der Waals surface area contributed by atoms with Crippen LogP contribution >= 0.6 is 11.3 Å². The van der Waals surface area contributed by atoms with Gasteiger partial charge in [-0.2, -0.15) is 5.10 Å². The summed E-state index contributed by atoms with van der Waals surface area (Å²) in [6, 6.07) is 12.8. The Morgan fingerprint density at radius 1 is 1.19 bits per heavy atom. The van der Waals surface area contributed by atoms with Crippen LogP contribution < -0.4 is 4.90 Å². The van der Waals surface area contributed by atoms with Gasteiger partial charge in [0.1, 0.15) is 17.0 Å². The second-order valence-electron chi connectivity index (χ2n) is 7.22. The first-order valence-corrected chi connectivity index (χ1v) is 10.1. The summed E-state index contributed by atoms with van der Waals surface area (Å²) >= 11 is 1.74. The van der Waals surface area contributed by atoms with Gasteiger partial charge >= 0.3 is 0 Å². The smallest absolute Gasteiger partial charge is 0.140 e. The molecule has 0 amide bonds. The van der Waals surface area contributed by atoms with E-state index in [9.17, 15) is 0 Å². The normalized spacial score (nSPS) is 17.1. The van der Waals surface area contributed by atoms with Gasteiger partial charge in [-0.15, -0.1) is 11.3 Å². The molecule has 1 aliphatic rings. The topological polar surface area (TPSA) is 46.8 Å². The first-order chi connectivity index (χ1) is 13.3. The molecule has 1 aromatic carbocycles. The van der Waals surface area contributed by atoms with Gasteiger partial charge in [0.15, 0.2) is 0 Å². The Labute approximate surface area is 162 Å². The van der Waals surface area contributed by atoms with Crippen molar-refractivity contribution in [1.82, 2.24) is 19.7 Å². The quantitative estimate of drug-likeness (QED) is 0.537. The van der Waals surface area contributed by atoms with Crippen molar-refractivity contribution in [2.45, 2.75) is 12.8 Å². The van der Waals surface area contributed by atoms with E-state index in [4.69, 9.17) is 0 Å². The van der Waals surface area contributed by atoms with Gasteiger partial charge < -0.3 is 4.90 Å². The van der Waals surface area contributed by atoms with Crippen LogP contribution in [0.4, 0.5) is 5.82 Å². The number of aryl methyl sites for hydroxylation is 1. The highest BCUT2D eigenvalue weighted by molar-refractivity contribution is 7.21. The van der Waals surface area contributed by atoms with Gasteiger partial charge in [0.2, 0.25) is 0 Å². The molecule has 27 heavy (non-hydrogen) atoms. The largest absolute Gasteiger partial charge is 0.356 e. The SMILES string of the molecule is Cn1cc(CC2CCN(c3ncnc4sc(-c5ccccc5)cc34)C2)cn1. The summed E-state index contributed by atoms with van der Waals surface area (Å²) in [5.74, 6) is 1.72. The van der Waals surface area contributed by atoms with E-state index in [1.54, 1.807) is 17.7 Å². The summed E-state index contributed by atoms with van der Waals surface area (Å²) in [7, 11) is 1.98. The number of aromatic nitrogens is 4. The third-order valence-corrected chi connectivity index (χ3v) is 6.33. The molecular weight excluding hydrogens is 354 g/mol. The molecule has 136 valence electrons. The summed E-state index contributed by atoms with van der Waals surface area (Å²) in [4.78, 5) is 13.9. The molecule has 6 heteroatoms. The van der Waals surface area contributed by atoms with Crippen LogP contribution in [0.25, 0.3) is 20.7 Å². The van der Waals surface area contributed by atoms with Gasteiger partial charge in [-0.25, -0.2) is 9.97 Å². The lowest BCUT2D eigenvalue weighted by Crippen LogP contribution is -2.21. The van der Waals surface area contributed by atoms with E-state index in [0.29, 0.717) is 5.92 Å². The fourth-order valence-electron chi connectivity index (χ4n) is 3.94. The van der Waals surface area contributed by atoms with E-state index in [0.717, 1.165) is 30.2 Å². The highest BCUT2D eigenvalue weighted by atomic mass is 32.1. The van der Waals surface area contributed by atoms with Crippen molar-refractivity contribution in [3.05, 3.63) is 60.7 Å². The molecule has 1 saturated heterocycles. The highest BCUT2D eigenvalue weighted by Crippen LogP contribution is 2.37. The lowest BCUT2D eigenvalue weighted by atomic mass is 10.0. The summed E-state index contributed by atoms with van der Waals surface area (Å²) in [5, 5.41) is 5.46. The molecule has 0 radical (unpaired) electrons. The van der Waals surface area contributed by atoms with Crippen molar-refractivity contribution in [2.75, 3.05) is 18.0 Å². The number of fused-ring (bicyclic) bond motifs is 1. The summed E-state index contributed by atoms with van der Waals surface area (Å²) in [6.45, 7) is 2.09. The molecule has 5 rings (SSSR count). The van der Waals surface area contributed by atoms with Crippen LogP contribution in [0.15, 0.2) is 55.1 Å². The first-order valence-electron chi connectivity index (χ1n) is 9.29. The fourth-order valence-corrected chi connectivity index (χ4v) is 4.94. The maximum atomic E-state index is 4.65. The highest BCUT2D eigenvalue weighted by Gasteiger charge is 2.26. The van der Waals surface area contributed by atoms with Crippen LogP contribution in [-0.4, -0.2) is 32.8 Å². The monoisotopic (exact) mass is 375 g/mol. The molecule has 1 fully saturated rings. The van der Waals surface area contributed by atoms with Gasteiger partial charge in [-0.1, -0.05) is 30.3 Å². The lowest BCUT2D eigenvalue weighted by molar-refractivity contribution is 0.586. The number of rotatable bonds is 4. The van der Waals surface area contributed by atoms with Crippen molar-refractivity contribution in [2.24, 2.45) is 13.0 Å². The minimum absolute atomic E-state index is 0.645. The van der Waals surface area contributed by atoms with E-state index >= 15 is 0 Å². The fraction of sp³-hybridized carbons (Fsp3) is 0.286. The van der Waals surface area contributed by atoms with Gasteiger partial charge in [-0.3, -0.25) is 4.68 Å². The van der Waals surface area contributed by atoms with Crippen LogP contribution in [0, 0.1) is 5.92 Å². The molecule has 4 heterocycles. The molecule has 1 aliphatic heterocycles. The van der Waals surface area contributed by atoms with Crippen LogP contribution in [0.1, 0.15) is 12.0 Å². The zero-order chi connectivity index (χ0) is 18.2. The van der Waals surface area contributed by atoms with Gasteiger partial charge in [0, 0.05) is 31.2 Å². The molecule has 0 N–H and O–H groups in total. The zero-order valence-corrected chi connectivity index (χ0v) is 16.1. The van der Waals surface area contributed by atoms with Crippen LogP contribution in [-0.2, 0) is 13.5 Å². The zero-order valence-electron chi connectivity index (χ0n) is 15.2. The third kappa shape index (κ3) is 3.21. The minimum atomic E-state index is 0.645. The van der Waals surface area contributed by atoms with E-state index < -0.39 is 0 Å². The summed E-state index contributed by atoms with van der Waals surface area (Å²) < 4.78 is 1.88. The molecular formula is C21H21N5S. The standard InChI is InChI=1S/C21H21N5S/c1-25-12-16(11-24-25)9-15-7-8-26(13-15)20-18-10-19(17-5-3-2-4-6-17)27-21(18)23-14-22-20/h2-6,10-12,14-15H,7-9,13H2,1H3. The van der Waals surface area contributed by atoms with Gasteiger partial charge in [0.05, 0.1) is 11.6 Å². The molecule has 0 bridgehead atoms. The van der Waals surface area contributed by atoms with E-state index in [-0.39, 0.29) is 0 Å². The molecule has 4 aromatic rings. The third-order valence-electron chi connectivity index (χ3n) is 5.23. The number of anilines is 1. The van der Waals surface area contributed by atoms with E-state index in [1.165, 1.54) is 27.8 Å². The predicted octanol–water partition coefficient (Wildman–Crippen LogP) is 4.16. The Kier molecular flexibility index (Phi) is 4.13. The molecule has 3 aromatic heterocycles. The van der Waals surface area contributed by atoms with Crippen LogP contribution in [0.3, 0.4) is 0 Å². The Balaban J connectivity index is 1.41. The Bertz CT molecular complexity index is 1070. The number of hydrogen-bond acceptors (Lipinski definition) is 5. The Hall–Kier alpha value is -2.73. The second kappa shape index (κ2) is 6.78. The second-order valence-corrected chi connectivity index (χ2v) is 8.25. The molecule has 5 nitrogen and oxygen atoms in total. The lowest BCUT2D eigenvalue weighted by Gasteiger charge is -2.18. The minimum Gasteiger partial charge on any atom is -0.356 e. The van der Waals surface area contributed by atoms with Crippen molar-refractivity contribution in [3.63, 3.8) is 0 Å². The molecule has 0 spiro atoms. The predicted molar refractivity (Wildman–Crippen MR) is 110 cm³/mol. The molecule has 0 aliphatic carbocycles. The first kappa shape index (κ1) is 16.4. The summed E-state index contributed by atoms with van der Waals surface area (Å²) in [6.07, 6.45) is 8.08. The molecule has 0 saturated carbocycles. The number of nitrogens with zero attached hydrogens (tertiary/aromatic N) is 5. The van der Waals surface area contributed by atoms with Gasteiger partial charge in [-0.05, 0) is 36.0 Å². The molecule has 1 unspecified atom stereocenters. The van der Waals surface area contributed by atoms with E-state index in [2.05, 4.69) is 62.6 Å². The number of benzene rings is 1. The average molecular weight is 376 g/mol. The number of thiophene rings is 1. The van der Waals surface area contributed by atoms with Gasteiger partial charge in [0.25, 0.3) is 0 Å².